The van der Waals surface area contributed by atoms with Crippen LogP contribution in [0.25, 0.3) is 44.4 Å². The SMILES string of the molecule is COC(=O)NCC(=O)N1CCC[C@H]1c1ncc(-c2ccc3cc(-c4ccc(-c5cnc([C@@H]6CCCN6C(=O)[C@H](NC(=O)OC)C6CCCCC6)[nH]5)cc4)ccc3c2)[nH]1. The number of nitrogens with zero attached hydrogens (tertiary/aromatic N) is 4. The molecular weight excluding hydrogens is 737 g/mol. The maximum atomic E-state index is 14.0. The molecule has 14 nitrogen and oxygen atoms in total. The van der Waals surface area contributed by atoms with Gasteiger partial charge in [-0.2, -0.15) is 0 Å². The number of rotatable bonds is 10. The van der Waals surface area contributed by atoms with E-state index in [0.29, 0.717) is 13.1 Å². The molecule has 1 aliphatic carbocycles. The summed E-state index contributed by atoms with van der Waals surface area (Å²) in [6.45, 7) is 1.11. The lowest BCUT2D eigenvalue weighted by Crippen LogP contribution is -2.52. The molecule has 2 saturated heterocycles. The summed E-state index contributed by atoms with van der Waals surface area (Å²) in [6, 6.07) is 20.2. The van der Waals surface area contributed by atoms with Crippen molar-refractivity contribution in [3.8, 4) is 33.6 Å². The first kappa shape index (κ1) is 38.7. The third kappa shape index (κ3) is 8.13. The third-order valence-electron chi connectivity index (χ3n) is 12.0. The number of imidazole rings is 2. The zero-order valence-corrected chi connectivity index (χ0v) is 33.0. The van der Waals surface area contributed by atoms with Crippen molar-refractivity contribution < 1.29 is 28.7 Å². The van der Waals surface area contributed by atoms with Gasteiger partial charge in [0.25, 0.3) is 0 Å². The molecule has 302 valence electrons. The van der Waals surface area contributed by atoms with Crippen molar-refractivity contribution in [1.29, 1.82) is 0 Å². The fourth-order valence-corrected chi connectivity index (χ4v) is 8.94. The average Bonchev–Trinajstić information content (AvgIpc) is 4.11. The van der Waals surface area contributed by atoms with Crippen LogP contribution in [-0.2, 0) is 19.1 Å². The molecule has 58 heavy (non-hydrogen) atoms. The van der Waals surface area contributed by atoms with Crippen molar-refractivity contribution in [1.82, 2.24) is 40.4 Å². The molecule has 4 amide bonds. The van der Waals surface area contributed by atoms with E-state index in [-0.39, 0.29) is 36.4 Å². The van der Waals surface area contributed by atoms with E-state index in [1.54, 1.807) is 4.90 Å². The molecule has 3 aromatic carbocycles. The second kappa shape index (κ2) is 17.1. The van der Waals surface area contributed by atoms with Crippen LogP contribution in [0.5, 0.6) is 0 Å². The lowest BCUT2D eigenvalue weighted by Gasteiger charge is -2.34. The lowest BCUT2D eigenvalue weighted by molar-refractivity contribution is -0.136. The Morgan fingerprint density at radius 3 is 1.88 bits per heavy atom. The third-order valence-corrected chi connectivity index (χ3v) is 12.0. The first-order chi connectivity index (χ1) is 28.3. The van der Waals surface area contributed by atoms with Crippen molar-refractivity contribution in [3.05, 3.63) is 84.7 Å². The smallest absolute Gasteiger partial charge is 0.407 e. The summed E-state index contributed by atoms with van der Waals surface area (Å²) in [5.41, 5.74) is 5.94. The van der Waals surface area contributed by atoms with E-state index >= 15 is 0 Å². The van der Waals surface area contributed by atoms with E-state index in [9.17, 15) is 19.2 Å². The molecule has 8 rings (SSSR count). The molecule has 5 aromatic rings. The molecule has 1 saturated carbocycles. The first-order valence-electron chi connectivity index (χ1n) is 20.3. The Morgan fingerprint density at radius 1 is 0.672 bits per heavy atom. The number of nitrogens with one attached hydrogen (secondary N) is 4. The van der Waals surface area contributed by atoms with Crippen molar-refractivity contribution in [3.63, 3.8) is 0 Å². The monoisotopic (exact) mass is 786 g/mol. The Labute approximate surface area is 337 Å². The second-order valence-corrected chi connectivity index (χ2v) is 15.5. The highest BCUT2D eigenvalue weighted by atomic mass is 16.5. The molecule has 3 atom stereocenters. The highest BCUT2D eigenvalue weighted by Gasteiger charge is 2.40. The Morgan fingerprint density at radius 2 is 1.22 bits per heavy atom. The largest absolute Gasteiger partial charge is 0.453 e. The summed E-state index contributed by atoms with van der Waals surface area (Å²) in [6.07, 6.45) is 10.9. The van der Waals surface area contributed by atoms with Gasteiger partial charge >= 0.3 is 12.2 Å². The van der Waals surface area contributed by atoms with Crippen molar-refractivity contribution >= 4 is 34.8 Å². The number of hydrogen-bond donors (Lipinski definition) is 4. The van der Waals surface area contributed by atoms with Crippen LogP contribution in [0.4, 0.5) is 9.59 Å². The maximum absolute atomic E-state index is 14.0. The molecule has 3 fully saturated rings. The molecule has 2 aromatic heterocycles. The van der Waals surface area contributed by atoms with Crippen LogP contribution >= 0.6 is 0 Å². The van der Waals surface area contributed by atoms with Gasteiger partial charge < -0.3 is 39.9 Å². The summed E-state index contributed by atoms with van der Waals surface area (Å²) in [5.74, 6) is 1.36. The van der Waals surface area contributed by atoms with Crippen LogP contribution in [0.3, 0.4) is 0 Å². The van der Waals surface area contributed by atoms with Crippen molar-refractivity contribution in [2.45, 2.75) is 75.9 Å². The highest BCUT2D eigenvalue weighted by Crippen LogP contribution is 2.36. The standard InChI is InChI=1S/C44H50N8O6/c1-57-43(55)47-26-38(53)51-20-6-10-36(51)40-46-25-35(49-40)33-19-18-31-22-30(16-17-32(31)23-33)27-12-14-28(15-13-27)34-24-45-41(48-34)37-11-7-21-52(37)42(54)39(50-44(56)58-2)29-8-4-3-5-9-29/h12-19,22-25,29,36-37,39H,3-11,20-21,26H2,1-2H3,(H,45,48)(H,46,49)(H,47,55)(H,50,56)/t36-,37-,39+/m0/s1. The van der Waals surface area contributed by atoms with Gasteiger partial charge in [0.15, 0.2) is 0 Å². The van der Waals surface area contributed by atoms with Gasteiger partial charge in [0.05, 0.1) is 50.1 Å². The lowest BCUT2D eigenvalue weighted by atomic mass is 9.83. The predicted molar refractivity (Wildman–Crippen MR) is 218 cm³/mol. The van der Waals surface area contributed by atoms with Gasteiger partial charge in [-0.25, -0.2) is 19.6 Å². The maximum Gasteiger partial charge on any atom is 0.407 e. The molecule has 4 heterocycles. The summed E-state index contributed by atoms with van der Waals surface area (Å²) in [7, 11) is 2.60. The van der Waals surface area contributed by atoms with Gasteiger partial charge in [-0.15, -0.1) is 0 Å². The highest BCUT2D eigenvalue weighted by molar-refractivity contribution is 5.91. The fraction of sp³-hybridized carbons (Fsp3) is 0.409. The number of hydrogen-bond acceptors (Lipinski definition) is 8. The molecule has 0 spiro atoms. The first-order valence-corrected chi connectivity index (χ1v) is 20.3. The number of ether oxygens (including phenoxy) is 2. The number of carbonyl (C=O) groups is 4. The van der Waals surface area contributed by atoms with Crippen LogP contribution in [-0.4, -0.2) is 93.6 Å². The van der Waals surface area contributed by atoms with Crippen LogP contribution < -0.4 is 10.6 Å². The number of aromatic nitrogens is 4. The predicted octanol–water partition coefficient (Wildman–Crippen LogP) is 7.27. The Bertz CT molecular complexity index is 2280. The van der Waals surface area contributed by atoms with E-state index in [0.717, 1.165) is 114 Å². The fourth-order valence-electron chi connectivity index (χ4n) is 8.94. The van der Waals surface area contributed by atoms with Gasteiger partial charge in [0.2, 0.25) is 11.8 Å². The molecule has 4 N–H and O–H groups in total. The number of aromatic amines is 2. The van der Waals surface area contributed by atoms with Gasteiger partial charge in [0.1, 0.15) is 24.2 Å². The number of methoxy groups -OCH3 is 2. The van der Waals surface area contributed by atoms with E-state index in [4.69, 9.17) is 9.72 Å². The van der Waals surface area contributed by atoms with E-state index in [2.05, 4.69) is 91.0 Å². The van der Waals surface area contributed by atoms with Crippen molar-refractivity contribution in [2.75, 3.05) is 33.9 Å². The number of amides is 4. The molecule has 14 heteroatoms. The average molecular weight is 787 g/mol. The number of likely N-dealkylation sites (tertiary alicyclic amines) is 2. The zero-order chi connectivity index (χ0) is 40.2. The molecule has 2 aliphatic heterocycles. The van der Waals surface area contributed by atoms with E-state index in [1.165, 1.54) is 14.2 Å². The van der Waals surface area contributed by atoms with Crippen LogP contribution in [0.2, 0.25) is 0 Å². The number of H-pyrrole nitrogens is 2. The molecule has 0 bridgehead atoms. The summed E-state index contributed by atoms with van der Waals surface area (Å²) in [5, 5.41) is 7.54. The Balaban J connectivity index is 0.930. The number of alkyl carbamates (subject to hydrolysis) is 2. The molecule has 0 unspecified atom stereocenters. The van der Waals surface area contributed by atoms with Crippen molar-refractivity contribution in [2.24, 2.45) is 5.92 Å². The van der Waals surface area contributed by atoms with Gasteiger partial charge in [0, 0.05) is 18.7 Å². The minimum absolute atomic E-state index is 0.0572. The minimum atomic E-state index is -0.634. The number of fused-ring (bicyclic) bond motifs is 1. The minimum Gasteiger partial charge on any atom is -0.453 e. The van der Waals surface area contributed by atoms with Gasteiger partial charge in [-0.05, 0) is 84.0 Å². The Hall–Kier alpha value is -6.18. The zero-order valence-electron chi connectivity index (χ0n) is 33.0. The van der Waals surface area contributed by atoms with Crippen LogP contribution in [0.1, 0.15) is 81.5 Å². The normalized spacial score (nSPS) is 18.9. The topological polar surface area (TPSA) is 175 Å². The van der Waals surface area contributed by atoms with Crippen LogP contribution in [0.15, 0.2) is 73.1 Å². The summed E-state index contributed by atoms with van der Waals surface area (Å²) >= 11 is 0. The molecular formula is C44H50N8O6. The number of carbonyl (C=O) groups excluding carboxylic acids is 4. The van der Waals surface area contributed by atoms with E-state index < -0.39 is 18.2 Å². The van der Waals surface area contributed by atoms with Gasteiger partial charge in [-0.1, -0.05) is 67.8 Å². The second-order valence-electron chi connectivity index (χ2n) is 15.5. The Kier molecular flexibility index (Phi) is 11.4. The molecule has 0 radical (unpaired) electrons. The summed E-state index contributed by atoms with van der Waals surface area (Å²) < 4.78 is 9.49. The van der Waals surface area contributed by atoms with Crippen LogP contribution in [0, 0.1) is 5.92 Å². The summed E-state index contributed by atoms with van der Waals surface area (Å²) in [4.78, 5) is 70.6. The van der Waals surface area contributed by atoms with Gasteiger partial charge in [-0.3, -0.25) is 9.59 Å². The van der Waals surface area contributed by atoms with E-state index in [1.807, 2.05) is 17.3 Å². The molecule has 3 aliphatic rings. The number of benzene rings is 3. The quantitative estimate of drug-likeness (QED) is 0.114.